The number of methoxy groups -OCH3 is 2. The van der Waals surface area contributed by atoms with Gasteiger partial charge in [0.25, 0.3) is 0 Å². The number of nitrogens with one attached hydrogen (secondary N) is 1. The number of hydrogen-bond donors (Lipinski definition) is 1. The summed E-state index contributed by atoms with van der Waals surface area (Å²) >= 11 is 0. The Balaban J connectivity index is 2.25. The Bertz CT molecular complexity index is 1390. The average molecular weight is 503 g/mol. The molecular weight excluding hydrogens is 473 g/mol. The number of benzene rings is 3. The monoisotopic (exact) mass is 502 g/mol. The number of hydrogen-bond acceptors (Lipinski definition) is 5. The first-order valence-corrected chi connectivity index (χ1v) is 11.5. The Morgan fingerprint density at radius 2 is 1.62 bits per heavy atom. The van der Waals surface area contributed by atoms with Crippen molar-refractivity contribution in [1.82, 2.24) is 0 Å². The van der Waals surface area contributed by atoms with Gasteiger partial charge in [0, 0.05) is 18.9 Å². The fourth-order valence-corrected chi connectivity index (χ4v) is 4.16. The van der Waals surface area contributed by atoms with Crippen LogP contribution in [0.2, 0.25) is 0 Å². The third-order valence-electron chi connectivity index (χ3n) is 5.98. The van der Waals surface area contributed by atoms with Crippen molar-refractivity contribution in [2.75, 3.05) is 19.5 Å². The van der Waals surface area contributed by atoms with Gasteiger partial charge in [-0.05, 0) is 41.3 Å². The molecule has 6 nitrogen and oxygen atoms in total. The van der Waals surface area contributed by atoms with Gasteiger partial charge in [-0.2, -0.15) is 0 Å². The molecule has 0 saturated carbocycles. The number of amides is 1. The second-order valence-corrected chi connectivity index (χ2v) is 8.46. The zero-order chi connectivity index (χ0) is 27.9. The van der Waals surface area contributed by atoms with E-state index in [1.54, 1.807) is 48.5 Å². The van der Waals surface area contributed by atoms with E-state index in [1.807, 2.05) is 11.9 Å². The Morgan fingerprint density at radius 3 is 2.16 bits per heavy atom. The smallest absolute Gasteiger partial charge is 0.233 e. The number of carbonyl (C=O) groups excluding carboxylic acids is 3. The summed E-state index contributed by atoms with van der Waals surface area (Å²) in [5.74, 6) is -0.568. The summed E-state index contributed by atoms with van der Waals surface area (Å²) < 4.78 is 32.9. The minimum absolute atomic E-state index is 0.0232. The van der Waals surface area contributed by atoms with E-state index < -0.39 is 29.5 Å². The van der Waals surface area contributed by atoms with Crippen molar-refractivity contribution in [1.29, 1.82) is 0 Å². The maximum Gasteiger partial charge on any atom is 0.233 e. The van der Waals surface area contributed by atoms with E-state index in [0.29, 0.717) is 28.3 Å². The lowest BCUT2D eigenvalue weighted by Gasteiger charge is -2.30. The third kappa shape index (κ3) is 6.22. The average Bonchev–Trinajstić information content (AvgIpc) is 2.91. The highest BCUT2D eigenvalue weighted by Crippen LogP contribution is 2.42. The number of carbonyl (C=O) groups is 1. The molecule has 0 saturated heterocycles. The predicted octanol–water partition coefficient (Wildman–Crippen LogP) is 5.51. The van der Waals surface area contributed by atoms with Gasteiger partial charge >= 0.3 is 0 Å². The Morgan fingerprint density at radius 1 is 0.946 bits per heavy atom. The number of halogens is 1. The van der Waals surface area contributed by atoms with Crippen LogP contribution in [0, 0.1) is 17.6 Å². The summed E-state index contributed by atoms with van der Waals surface area (Å²) in [6.45, 7) is 2.93. The fraction of sp³-hybridized carbons (Fsp3) is 0.233. The van der Waals surface area contributed by atoms with Gasteiger partial charge in [0.05, 0.1) is 31.4 Å². The van der Waals surface area contributed by atoms with Crippen LogP contribution in [0.4, 0.5) is 10.1 Å². The summed E-state index contributed by atoms with van der Waals surface area (Å²) in [5.41, 5.74) is 0.986. The molecule has 2 atom stereocenters. The van der Waals surface area contributed by atoms with Crippen LogP contribution in [-0.4, -0.2) is 32.0 Å². The van der Waals surface area contributed by atoms with Crippen LogP contribution in [0.5, 0.6) is 11.5 Å². The minimum Gasteiger partial charge on any atom is -0.497 e. The first-order chi connectivity index (χ1) is 18.1. The van der Waals surface area contributed by atoms with E-state index in [-0.39, 0.29) is 11.1 Å². The quantitative estimate of drug-likeness (QED) is 0.370. The van der Waals surface area contributed by atoms with Crippen LogP contribution in [0.3, 0.4) is 0 Å². The lowest BCUT2D eigenvalue weighted by Crippen LogP contribution is -2.33. The van der Waals surface area contributed by atoms with Crippen molar-refractivity contribution in [3.05, 3.63) is 95.3 Å². The molecule has 3 aromatic carbocycles. The van der Waals surface area contributed by atoms with Crippen molar-refractivity contribution in [2.45, 2.75) is 19.8 Å². The first kappa shape index (κ1) is 25.6. The lowest BCUT2D eigenvalue weighted by atomic mass is 9.72. The number of allylic oxidation sites excluding steroid dienone is 1. The van der Waals surface area contributed by atoms with Gasteiger partial charge in [-0.15, -0.1) is 0 Å². The standard InChI is InChI=1S/C30H28FNO5/c1-19(2)24(17-33)29(30(35)32-26-15-14-23(36-3)16-27(26)37-4)28(21-8-6-5-7-9-21)25(18-34)20-10-12-22(31)13-11-20/h5-16,19,28-29H,1-4H3,(H,32,35)/i19D. The molecule has 0 aliphatic carbocycles. The molecule has 0 fully saturated rings. The molecule has 190 valence electrons. The topological polar surface area (TPSA) is 81.7 Å². The van der Waals surface area contributed by atoms with Gasteiger partial charge in [-0.25, -0.2) is 14.0 Å². The lowest BCUT2D eigenvalue weighted by molar-refractivity contribution is -0.119. The summed E-state index contributed by atoms with van der Waals surface area (Å²) in [4.78, 5) is 38.8. The summed E-state index contributed by atoms with van der Waals surface area (Å²) in [6, 6.07) is 18.6. The van der Waals surface area contributed by atoms with Crippen molar-refractivity contribution in [3.63, 3.8) is 0 Å². The number of rotatable bonds is 10. The Labute approximate surface area is 216 Å². The first-order valence-electron chi connectivity index (χ1n) is 12.0. The van der Waals surface area contributed by atoms with Gasteiger partial charge in [-0.1, -0.05) is 56.3 Å². The maximum atomic E-state index is 14.0. The highest BCUT2D eigenvalue weighted by atomic mass is 19.1. The summed E-state index contributed by atoms with van der Waals surface area (Å²) in [7, 11) is 2.92. The Kier molecular flexibility index (Phi) is 8.66. The SMILES string of the molecule is [2H]C(C)(C)C(=C=O)C(C(=O)Nc1ccc(OC)cc1OC)C(C(=C=O)c1ccc(F)cc1)c1ccccc1. The van der Waals surface area contributed by atoms with Crippen molar-refractivity contribution >= 4 is 29.1 Å². The Hall–Kier alpha value is -4.44. The zero-order valence-electron chi connectivity index (χ0n) is 22.0. The molecule has 1 amide bonds. The third-order valence-corrected chi connectivity index (χ3v) is 5.98. The molecule has 1 N–H and O–H groups in total. The molecule has 0 aliphatic rings. The van der Waals surface area contributed by atoms with E-state index in [2.05, 4.69) is 5.32 Å². The second-order valence-electron chi connectivity index (χ2n) is 8.46. The summed E-state index contributed by atoms with van der Waals surface area (Å²) in [5, 5.41) is 2.78. The molecule has 0 bridgehead atoms. The molecule has 2 unspecified atom stereocenters. The maximum absolute atomic E-state index is 14.0. The van der Waals surface area contributed by atoms with E-state index in [4.69, 9.17) is 10.8 Å². The van der Waals surface area contributed by atoms with E-state index in [0.717, 1.165) is 0 Å². The predicted molar refractivity (Wildman–Crippen MR) is 140 cm³/mol. The van der Waals surface area contributed by atoms with Crippen LogP contribution in [0.15, 0.2) is 78.4 Å². The van der Waals surface area contributed by atoms with Crippen molar-refractivity contribution in [3.8, 4) is 11.5 Å². The van der Waals surface area contributed by atoms with Crippen LogP contribution in [0.1, 0.15) is 32.3 Å². The van der Waals surface area contributed by atoms with E-state index in [9.17, 15) is 18.8 Å². The van der Waals surface area contributed by atoms with Gasteiger partial charge in [0.1, 0.15) is 29.2 Å². The molecule has 7 heteroatoms. The zero-order valence-corrected chi connectivity index (χ0v) is 21.0. The van der Waals surface area contributed by atoms with Crippen LogP contribution in [0.25, 0.3) is 5.57 Å². The van der Waals surface area contributed by atoms with Gasteiger partial charge in [-0.3, -0.25) is 4.79 Å². The molecule has 3 rings (SSSR count). The molecule has 0 spiro atoms. The normalized spacial score (nSPS) is 12.7. The minimum atomic E-state index is -1.53. The van der Waals surface area contributed by atoms with Crippen molar-refractivity contribution < 1.29 is 29.6 Å². The van der Waals surface area contributed by atoms with Gasteiger partial charge in [0.2, 0.25) is 5.91 Å². The van der Waals surface area contributed by atoms with E-state index in [1.165, 1.54) is 52.3 Å². The van der Waals surface area contributed by atoms with Crippen LogP contribution >= 0.6 is 0 Å². The molecule has 0 heterocycles. The molecule has 0 radical (unpaired) electrons. The molecule has 37 heavy (non-hydrogen) atoms. The largest absolute Gasteiger partial charge is 0.497 e. The van der Waals surface area contributed by atoms with Crippen molar-refractivity contribution in [2.24, 2.45) is 11.8 Å². The van der Waals surface area contributed by atoms with Gasteiger partial charge in [0.15, 0.2) is 0 Å². The number of ether oxygens (including phenoxy) is 2. The highest BCUT2D eigenvalue weighted by molar-refractivity contribution is 6.02. The van der Waals surface area contributed by atoms with Crippen LogP contribution in [-0.2, 0) is 14.4 Å². The molecule has 0 aliphatic heterocycles. The fourth-order valence-electron chi connectivity index (χ4n) is 4.16. The molecule has 3 aromatic rings. The van der Waals surface area contributed by atoms with Crippen LogP contribution < -0.4 is 14.8 Å². The van der Waals surface area contributed by atoms with E-state index >= 15 is 0 Å². The highest BCUT2D eigenvalue weighted by Gasteiger charge is 2.38. The second kappa shape index (κ2) is 12.5. The van der Waals surface area contributed by atoms with Gasteiger partial charge < -0.3 is 14.8 Å². The summed E-state index contributed by atoms with van der Waals surface area (Å²) in [6.07, 6.45) is 0. The molecular formula is C30H28FNO5. The molecule has 0 aromatic heterocycles. The number of anilines is 1.